The van der Waals surface area contributed by atoms with Crippen molar-refractivity contribution in [3.8, 4) is 0 Å². The summed E-state index contributed by atoms with van der Waals surface area (Å²) in [6, 6.07) is 13.4. The van der Waals surface area contributed by atoms with E-state index in [1.54, 1.807) is 30.4 Å². The van der Waals surface area contributed by atoms with Crippen molar-refractivity contribution in [1.82, 2.24) is 9.55 Å². The van der Waals surface area contributed by atoms with Gasteiger partial charge in [0.1, 0.15) is 0 Å². The Morgan fingerprint density at radius 2 is 1.87 bits per heavy atom. The Kier molecular flexibility index (Phi) is 10.3. The van der Waals surface area contributed by atoms with Crippen molar-refractivity contribution in [3.05, 3.63) is 91.9 Å². The van der Waals surface area contributed by atoms with Crippen molar-refractivity contribution < 1.29 is 15.0 Å². The SMILES string of the molecule is Clc1ccc(SCC(Cn2ccnc2)OCc2ccc(Cl)c(Cl)c2)cc1.O=[N+]([O-])O. The number of rotatable bonds is 8. The molecule has 0 saturated carbocycles. The van der Waals surface area contributed by atoms with E-state index >= 15 is 0 Å². The molecule has 1 atom stereocenters. The molecule has 1 N–H and O–H groups in total. The minimum Gasteiger partial charge on any atom is -0.371 e. The molecule has 0 aliphatic heterocycles. The van der Waals surface area contributed by atoms with Gasteiger partial charge in [-0.2, -0.15) is 0 Å². The molecule has 0 bridgehead atoms. The highest BCUT2D eigenvalue weighted by Crippen LogP contribution is 2.25. The summed E-state index contributed by atoms with van der Waals surface area (Å²) in [5.41, 5.74) is 0.992. The highest BCUT2D eigenvalue weighted by molar-refractivity contribution is 7.99. The van der Waals surface area contributed by atoms with Crippen LogP contribution < -0.4 is 0 Å². The highest BCUT2D eigenvalue weighted by atomic mass is 35.5. The second-order valence-corrected chi connectivity index (χ2v) is 8.29. The summed E-state index contributed by atoms with van der Waals surface area (Å²) >= 11 is 19.7. The van der Waals surface area contributed by atoms with Crippen LogP contribution in [0.2, 0.25) is 15.1 Å². The first-order chi connectivity index (χ1) is 14.3. The minimum absolute atomic E-state index is 0.0133. The van der Waals surface area contributed by atoms with E-state index in [0.29, 0.717) is 16.7 Å². The second-order valence-electron chi connectivity index (χ2n) is 5.94. The van der Waals surface area contributed by atoms with Crippen LogP contribution in [0.3, 0.4) is 0 Å². The lowest BCUT2D eigenvalue weighted by Gasteiger charge is -2.18. The summed E-state index contributed by atoms with van der Waals surface area (Å²) in [4.78, 5) is 13.6. The second kappa shape index (κ2) is 12.7. The Labute approximate surface area is 192 Å². The van der Waals surface area contributed by atoms with Crippen LogP contribution in [-0.2, 0) is 17.9 Å². The molecule has 3 rings (SSSR count). The van der Waals surface area contributed by atoms with E-state index in [1.807, 2.05) is 47.2 Å². The molecule has 0 fully saturated rings. The average molecular weight is 491 g/mol. The third kappa shape index (κ3) is 9.23. The number of imidazole rings is 1. The van der Waals surface area contributed by atoms with Gasteiger partial charge < -0.3 is 14.5 Å². The number of aromatic nitrogens is 2. The van der Waals surface area contributed by atoms with Gasteiger partial charge in [-0.15, -0.1) is 21.9 Å². The number of thioether (sulfide) groups is 1. The van der Waals surface area contributed by atoms with Crippen molar-refractivity contribution >= 4 is 46.6 Å². The summed E-state index contributed by atoms with van der Waals surface area (Å²) < 4.78 is 8.16. The van der Waals surface area contributed by atoms with Gasteiger partial charge in [0.2, 0.25) is 0 Å². The van der Waals surface area contributed by atoms with E-state index < -0.39 is 5.09 Å². The van der Waals surface area contributed by atoms with Crippen molar-refractivity contribution in [2.75, 3.05) is 5.75 Å². The quantitative estimate of drug-likeness (QED) is 0.241. The highest BCUT2D eigenvalue weighted by Gasteiger charge is 2.12. The molecule has 0 aliphatic rings. The van der Waals surface area contributed by atoms with Gasteiger partial charge in [-0.05, 0) is 42.0 Å². The van der Waals surface area contributed by atoms with Crippen LogP contribution in [-0.4, -0.2) is 31.7 Å². The maximum absolute atomic E-state index is 8.36. The number of ether oxygens (including phenoxy) is 1. The van der Waals surface area contributed by atoms with Crippen molar-refractivity contribution in [3.63, 3.8) is 0 Å². The summed E-state index contributed by atoms with van der Waals surface area (Å²) in [6.07, 6.45) is 5.51. The molecular formula is C19H18Cl3N3O4S. The van der Waals surface area contributed by atoms with E-state index in [1.165, 1.54) is 0 Å². The lowest BCUT2D eigenvalue weighted by Crippen LogP contribution is -2.22. The van der Waals surface area contributed by atoms with Gasteiger partial charge in [0, 0.05) is 28.1 Å². The number of hydrogen-bond acceptors (Lipinski definition) is 5. The molecule has 30 heavy (non-hydrogen) atoms. The third-order valence-corrected chi connectivity index (χ3v) is 5.83. The topological polar surface area (TPSA) is 90.4 Å². The lowest BCUT2D eigenvalue weighted by molar-refractivity contribution is -0.742. The first-order valence-corrected chi connectivity index (χ1v) is 10.7. The van der Waals surface area contributed by atoms with Crippen LogP contribution in [0.25, 0.3) is 0 Å². The standard InChI is InChI=1S/C19H17Cl3N2OS.HNO3/c20-15-2-4-17(5-3-15)26-12-16(10-24-8-7-23-13-24)25-11-14-1-6-18(21)19(22)9-14;2-1(3)4/h1-9,13,16H,10-12H2;(H,2,3,4). The van der Waals surface area contributed by atoms with Gasteiger partial charge in [0.05, 0.1) is 35.6 Å². The first-order valence-electron chi connectivity index (χ1n) is 8.56. The monoisotopic (exact) mass is 489 g/mol. The molecule has 3 aromatic rings. The van der Waals surface area contributed by atoms with Crippen LogP contribution in [0.4, 0.5) is 0 Å². The van der Waals surface area contributed by atoms with Crippen LogP contribution in [0.1, 0.15) is 5.56 Å². The molecule has 7 nitrogen and oxygen atoms in total. The molecule has 0 radical (unpaired) electrons. The summed E-state index contributed by atoms with van der Waals surface area (Å²) in [5, 5.41) is 15.5. The molecule has 1 unspecified atom stereocenters. The van der Waals surface area contributed by atoms with E-state index in [9.17, 15) is 0 Å². The fourth-order valence-corrected chi connectivity index (χ4v) is 3.70. The third-order valence-electron chi connectivity index (χ3n) is 3.69. The van der Waals surface area contributed by atoms with E-state index in [-0.39, 0.29) is 6.10 Å². The van der Waals surface area contributed by atoms with Gasteiger partial charge in [0.15, 0.2) is 0 Å². The van der Waals surface area contributed by atoms with E-state index in [4.69, 9.17) is 54.9 Å². The predicted molar refractivity (Wildman–Crippen MR) is 118 cm³/mol. The van der Waals surface area contributed by atoms with Crippen molar-refractivity contribution in [1.29, 1.82) is 0 Å². The Bertz CT molecular complexity index is 923. The molecular weight excluding hydrogens is 473 g/mol. The molecule has 0 saturated heterocycles. The maximum Gasteiger partial charge on any atom is 0.291 e. The summed E-state index contributed by atoms with van der Waals surface area (Å²) in [5.74, 6) is 0.807. The Balaban J connectivity index is 0.000000735. The number of hydrogen-bond donors (Lipinski definition) is 1. The molecule has 1 aromatic heterocycles. The Hall–Kier alpha value is -1.97. The number of halogens is 3. The van der Waals surface area contributed by atoms with Crippen LogP contribution in [0.15, 0.2) is 66.1 Å². The summed E-state index contributed by atoms with van der Waals surface area (Å²) in [6.45, 7) is 1.19. The molecule has 0 amide bonds. The average Bonchev–Trinajstić information content (AvgIpc) is 3.20. The molecule has 11 heteroatoms. The van der Waals surface area contributed by atoms with Crippen LogP contribution >= 0.6 is 46.6 Å². The normalized spacial score (nSPS) is 11.4. The number of benzene rings is 2. The van der Waals surface area contributed by atoms with Crippen LogP contribution in [0, 0.1) is 10.1 Å². The maximum atomic E-state index is 8.36. The fraction of sp³-hybridized carbons (Fsp3) is 0.211. The molecule has 0 spiro atoms. The zero-order valence-corrected chi connectivity index (χ0v) is 18.6. The fourth-order valence-electron chi connectivity index (χ4n) is 2.35. The zero-order chi connectivity index (χ0) is 21.9. The predicted octanol–water partition coefficient (Wildman–Crippen LogP) is 5.87. The first kappa shape index (κ1) is 24.3. The van der Waals surface area contributed by atoms with Gasteiger partial charge in [-0.1, -0.05) is 40.9 Å². The Morgan fingerprint density at radius 1 is 1.17 bits per heavy atom. The van der Waals surface area contributed by atoms with Crippen LogP contribution in [0.5, 0.6) is 0 Å². The largest absolute Gasteiger partial charge is 0.371 e. The molecule has 1 heterocycles. The van der Waals surface area contributed by atoms with E-state index in [2.05, 4.69) is 4.98 Å². The molecule has 2 aromatic carbocycles. The van der Waals surface area contributed by atoms with Gasteiger partial charge in [-0.25, -0.2) is 4.98 Å². The van der Waals surface area contributed by atoms with Crippen molar-refractivity contribution in [2.24, 2.45) is 0 Å². The number of nitrogens with zero attached hydrogens (tertiary/aromatic N) is 3. The lowest BCUT2D eigenvalue weighted by atomic mass is 10.2. The van der Waals surface area contributed by atoms with Crippen molar-refractivity contribution in [2.45, 2.75) is 24.2 Å². The zero-order valence-electron chi connectivity index (χ0n) is 15.5. The molecule has 160 valence electrons. The van der Waals surface area contributed by atoms with E-state index in [0.717, 1.165) is 27.8 Å². The van der Waals surface area contributed by atoms with Gasteiger partial charge >= 0.3 is 0 Å². The van der Waals surface area contributed by atoms with Gasteiger partial charge in [-0.3, -0.25) is 0 Å². The molecule has 0 aliphatic carbocycles. The summed E-state index contributed by atoms with van der Waals surface area (Å²) in [7, 11) is 0. The minimum atomic E-state index is -1.50. The Morgan fingerprint density at radius 3 is 2.47 bits per heavy atom. The smallest absolute Gasteiger partial charge is 0.291 e. The van der Waals surface area contributed by atoms with Gasteiger partial charge in [0.25, 0.3) is 5.09 Å².